The number of aryl methyl sites for hydroxylation is 1. The molecule has 19 heavy (non-hydrogen) atoms. The minimum absolute atomic E-state index is 0.152. The van der Waals surface area contributed by atoms with Gasteiger partial charge in [0.2, 0.25) is 0 Å². The zero-order chi connectivity index (χ0) is 13.2. The third kappa shape index (κ3) is 2.54. The first-order chi connectivity index (χ1) is 9.24. The molecule has 3 rings (SSSR count). The molecule has 1 heterocycles. The molecule has 0 bridgehead atoms. The standard InChI is InChI=1S/C15H19N3O/c1-18-10-17-13-8-11(6-7-14(13)18)15(19)9-16-12-4-2-3-5-12/h6-8,10,12,16H,2-5,9H2,1H3. The number of imidazole rings is 1. The summed E-state index contributed by atoms with van der Waals surface area (Å²) in [7, 11) is 1.96. The molecule has 0 amide bonds. The van der Waals surface area contributed by atoms with Crippen LogP contribution in [0.15, 0.2) is 24.5 Å². The molecule has 4 heteroatoms. The lowest BCUT2D eigenvalue weighted by Crippen LogP contribution is -2.31. The molecule has 1 aliphatic rings. The van der Waals surface area contributed by atoms with Gasteiger partial charge in [0.25, 0.3) is 0 Å². The van der Waals surface area contributed by atoms with Crippen LogP contribution in [0.2, 0.25) is 0 Å². The van der Waals surface area contributed by atoms with Crippen molar-refractivity contribution in [1.82, 2.24) is 14.9 Å². The van der Waals surface area contributed by atoms with Crippen molar-refractivity contribution in [3.05, 3.63) is 30.1 Å². The van der Waals surface area contributed by atoms with Crippen molar-refractivity contribution < 1.29 is 4.79 Å². The molecule has 1 N–H and O–H groups in total. The molecule has 0 spiro atoms. The zero-order valence-electron chi connectivity index (χ0n) is 11.2. The minimum atomic E-state index is 0.152. The highest BCUT2D eigenvalue weighted by atomic mass is 16.1. The quantitative estimate of drug-likeness (QED) is 0.855. The van der Waals surface area contributed by atoms with E-state index >= 15 is 0 Å². The van der Waals surface area contributed by atoms with Crippen LogP contribution in [0.3, 0.4) is 0 Å². The lowest BCUT2D eigenvalue weighted by atomic mass is 10.1. The van der Waals surface area contributed by atoms with Crippen LogP contribution in [0.5, 0.6) is 0 Å². The lowest BCUT2D eigenvalue weighted by molar-refractivity contribution is 0.0987. The SMILES string of the molecule is Cn1cnc2cc(C(=O)CNC3CCCC3)ccc21. The van der Waals surface area contributed by atoms with E-state index < -0.39 is 0 Å². The number of fused-ring (bicyclic) bond motifs is 1. The monoisotopic (exact) mass is 257 g/mol. The second-order valence-corrected chi connectivity index (χ2v) is 5.34. The molecule has 0 radical (unpaired) electrons. The van der Waals surface area contributed by atoms with Gasteiger partial charge in [-0.15, -0.1) is 0 Å². The third-order valence-electron chi connectivity index (χ3n) is 3.95. The summed E-state index contributed by atoms with van der Waals surface area (Å²) in [4.78, 5) is 16.4. The van der Waals surface area contributed by atoms with Gasteiger partial charge >= 0.3 is 0 Å². The van der Waals surface area contributed by atoms with Crippen molar-refractivity contribution in [1.29, 1.82) is 0 Å². The van der Waals surface area contributed by atoms with E-state index in [4.69, 9.17) is 0 Å². The van der Waals surface area contributed by atoms with Gasteiger partial charge in [0.15, 0.2) is 5.78 Å². The number of Topliss-reactive ketones (excluding diaryl/α,β-unsaturated/α-hetero) is 1. The first kappa shape index (κ1) is 12.4. The van der Waals surface area contributed by atoms with Crippen LogP contribution in [0.25, 0.3) is 11.0 Å². The molecule has 1 fully saturated rings. The Bertz CT molecular complexity index is 596. The summed E-state index contributed by atoms with van der Waals surface area (Å²) in [6.45, 7) is 0.434. The topological polar surface area (TPSA) is 46.9 Å². The fourth-order valence-electron chi connectivity index (χ4n) is 2.78. The van der Waals surface area contributed by atoms with Gasteiger partial charge in [-0.05, 0) is 31.0 Å². The van der Waals surface area contributed by atoms with Crippen molar-refractivity contribution in [2.24, 2.45) is 7.05 Å². The predicted molar refractivity (Wildman–Crippen MR) is 75.3 cm³/mol. The number of hydrogen-bond donors (Lipinski definition) is 1. The van der Waals surface area contributed by atoms with Crippen LogP contribution in [-0.2, 0) is 7.05 Å². The van der Waals surface area contributed by atoms with Gasteiger partial charge in [0.1, 0.15) is 0 Å². The van der Waals surface area contributed by atoms with Crippen molar-refractivity contribution >= 4 is 16.8 Å². The molecular formula is C15H19N3O. The van der Waals surface area contributed by atoms with Crippen molar-refractivity contribution in [3.8, 4) is 0 Å². The first-order valence-electron chi connectivity index (χ1n) is 6.92. The van der Waals surface area contributed by atoms with E-state index in [-0.39, 0.29) is 5.78 Å². The maximum Gasteiger partial charge on any atom is 0.176 e. The number of nitrogens with one attached hydrogen (secondary N) is 1. The normalized spacial score (nSPS) is 16.3. The number of benzene rings is 1. The Morgan fingerprint density at radius 1 is 1.42 bits per heavy atom. The molecule has 1 saturated carbocycles. The van der Waals surface area contributed by atoms with E-state index in [0.29, 0.717) is 12.6 Å². The number of nitrogens with zero attached hydrogens (tertiary/aromatic N) is 2. The molecule has 1 aliphatic carbocycles. The number of carbonyl (C=O) groups is 1. The maximum atomic E-state index is 12.2. The van der Waals surface area contributed by atoms with Gasteiger partial charge in [-0.25, -0.2) is 4.98 Å². The Hall–Kier alpha value is -1.68. The van der Waals surface area contributed by atoms with Crippen molar-refractivity contribution in [2.75, 3.05) is 6.54 Å². The average Bonchev–Trinajstić information content (AvgIpc) is 3.06. The van der Waals surface area contributed by atoms with E-state index in [1.54, 1.807) is 6.33 Å². The number of rotatable bonds is 4. The molecule has 100 valence electrons. The van der Waals surface area contributed by atoms with E-state index in [0.717, 1.165) is 16.6 Å². The third-order valence-corrected chi connectivity index (χ3v) is 3.95. The van der Waals surface area contributed by atoms with Crippen LogP contribution >= 0.6 is 0 Å². The van der Waals surface area contributed by atoms with Crippen molar-refractivity contribution in [3.63, 3.8) is 0 Å². The minimum Gasteiger partial charge on any atom is -0.334 e. The van der Waals surface area contributed by atoms with Crippen LogP contribution in [0.1, 0.15) is 36.0 Å². The second-order valence-electron chi connectivity index (χ2n) is 5.34. The summed E-state index contributed by atoms with van der Waals surface area (Å²) < 4.78 is 1.96. The number of hydrogen-bond acceptors (Lipinski definition) is 3. The fraction of sp³-hybridized carbons (Fsp3) is 0.467. The van der Waals surface area contributed by atoms with Gasteiger partial charge in [0, 0.05) is 18.7 Å². The second kappa shape index (κ2) is 5.13. The van der Waals surface area contributed by atoms with Crippen LogP contribution in [0.4, 0.5) is 0 Å². The van der Waals surface area contributed by atoms with E-state index in [9.17, 15) is 4.79 Å². The first-order valence-corrected chi connectivity index (χ1v) is 6.92. The Kier molecular flexibility index (Phi) is 3.34. The fourth-order valence-corrected chi connectivity index (χ4v) is 2.78. The van der Waals surface area contributed by atoms with Crippen LogP contribution < -0.4 is 5.32 Å². The molecule has 0 saturated heterocycles. The molecule has 1 aromatic carbocycles. The molecule has 0 atom stereocenters. The van der Waals surface area contributed by atoms with Crippen molar-refractivity contribution in [2.45, 2.75) is 31.7 Å². The van der Waals surface area contributed by atoms with E-state index in [1.807, 2.05) is 29.8 Å². The molecular weight excluding hydrogens is 238 g/mol. The molecule has 1 aromatic heterocycles. The highest BCUT2D eigenvalue weighted by Gasteiger charge is 2.16. The zero-order valence-corrected chi connectivity index (χ0v) is 11.2. The largest absolute Gasteiger partial charge is 0.334 e. The molecule has 4 nitrogen and oxygen atoms in total. The Balaban J connectivity index is 1.70. The summed E-state index contributed by atoms with van der Waals surface area (Å²) in [5, 5.41) is 3.36. The smallest absolute Gasteiger partial charge is 0.176 e. The van der Waals surface area contributed by atoms with Gasteiger partial charge in [-0.1, -0.05) is 12.8 Å². The van der Waals surface area contributed by atoms with Gasteiger partial charge in [-0.3, -0.25) is 4.79 Å². The molecule has 0 unspecified atom stereocenters. The summed E-state index contributed by atoms with van der Waals surface area (Å²) in [6, 6.07) is 6.27. The number of carbonyl (C=O) groups excluding carboxylic acids is 1. The number of aromatic nitrogens is 2. The van der Waals surface area contributed by atoms with Crippen LogP contribution in [0, 0.1) is 0 Å². The summed E-state index contributed by atoms with van der Waals surface area (Å²) in [5.74, 6) is 0.152. The Labute approximate surface area is 112 Å². The summed E-state index contributed by atoms with van der Waals surface area (Å²) in [5.41, 5.74) is 2.69. The van der Waals surface area contributed by atoms with Gasteiger partial charge < -0.3 is 9.88 Å². The highest BCUT2D eigenvalue weighted by Crippen LogP contribution is 2.18. The predicted octanol–water partition coefficient (Wildman–Crippen LogP) is 2.29. The Morgan fingerprint density at radius 3 is 3.00 bits per heavy atom. The molecule has 0 aliphatic heterocycles. The number of ketones is 1. The molecule has 2 aromatic rings. The lowest BCUT2D eigenvalue weighted by Gasteiger charge is -2.10. The maximum absolute atomic E-state index is 12.2. The summed E-state index contributed by atoms with van der Waals surface area (Å²) >= 11 is 0. The summed E-state index contributed by atoms with van der Waals surface area (Å²) in [6.07, 6.45) is 6.74. The van der Waals surface area contributed by atoms with Crippen LogP contribution in [-0.4, -0.2) is 27.9 Å². The van der Waals surface area contributed by atoms with E-state index in [2.05, 4.69) is 10.3 Å². The van der Waals surface area contributed by atoms with Gasteiger partial charge in [0.05, 0.1) is 23.9 Å². The van der Waals surface area contributed by atoms with E-state index in [1.165, 1.54) is 25.7 Å². The Morgan fingerprint density at radius 2 is 2.21 bits per heavy atom. The average molecular weight is 257 g/mol. The van der Waals surface area contributed by atoms with Gasteiger partial charge in [-0.2, -0.15) is 0 Å². The highest BCUT2D eigenvalue weighted by molar-refractivity contribution is 6.00.